The number of aliphatic hydroxyl groups excluding tert-OH is 1. The first kappa shape index (κ1) is 26.0. The molecule has 32 heavy (non-hydrogen) atoms. The Morgan fingerprint density at radius 3 is 2.03 bits per heavy atom. The van der Waals surface area contributed by atoms with Gasteiger partial charge >= 0.3 is 12.4 Å². The van der Waals surface area contributed by atoms with E-state index < -0.39 is 29.0 Å². The van der Waals surface area contributed by atoms with Gasteiger partial charge in [0.05, 0.1) is 24.3 Å². The molecule has 3 nitrogen and oxygen atoms in total. The number of nitrogens with two attached hydrogens (primary N) is 1. The summed E-state index contributed by atoms with van der Waals surface area (Å²) >= 11 is 0. The largest absolute Gasteiger partial charge is 0.493 e. The van der Waals surface area contributed by atoms with Crippen LogP contribution in [0, 0.1) is 0 Å². The number of hydrogen-bond acceptors (Lipinski definition) is 3. The molecule has 3 N–H and O–H groups in total. The second-order valence-electron chi connectivity index (χ2n) is 7.85. The zero-order valence-corrected chi connectivity index (χ0v) is 17.7. The fraction of sp³-hybridized carbons (Fsp3) is 0.478. The van der Waals surface area contributed by atoms with Crippen LogP contribution in [0.3, 0.4) is 0 Å². The van der Waals surface area contributed by atoms with Crippen LogP contribution in [0.1, 0.15) is 48.4 Å². The van der Waals surface area contributed by atoms with E-state index in [4.69, 9.17) is 10.5 Å². The molecule has 0 bridgehead atoms. The molecular weight excluding hydrogens is 436 g/mol. The Morgan fingerprint density at radius 2 is 1.50 bits per heavy atom. The van der Waals surface area contributed by atoms with E-state index in [0.29, 0.717) is 36.8 Å². The molecule has 0 aliphatic heterocycles. The van der Waals surface area contributed by atoms with Crippen LogP contribution in [0.5, 0.6) is 5.75 Å². The Bertz CT molecular complexity index is 858. The maximum absolute atomic E-state index is 13.5. The van der Waals surface area contributed by atoms with Crippen molar-refractivity contribution < 1.29 is 36.2 Å². The molecule has 0 amide bonds. The van der Waals surface area contributed by atoms with Crippen molar-refractivity contribution in [3.63, 3.8) is 0 Å². The minimum Gasteiger partial charge on any atom is -0.493 e. The van der Waals surface area contributed by atoms with Crippen LogP contribution in [-0.4, -0.2) is 23.9 Å². The van der Waals surface area contributed by atoms with Crippen molar-refractivity contribution in [1.29, 1.82) is 0 Å². The Labute approximate surface area is 183 Å². The van der Waals surface area contributed by atoms with Crippen molar-refractivity contribution in [1.82, 2.24) is 0 Å². The van der Waals surface area contributed by atoms with Crippen LogP contribution in [0.2, 0.25) is 0 Å². The fourth-order valence-corrected chi connectivity index (χ4v) is 3.16. The summed E-state index contributed by atoms with van der Waals surface area (Å²) in [6.07, 6.45) is -7.20. The number of rotatable bonds is 10. The second kappa shape index (κ2) is 10.6. The lowest BCUT2D eigenvalue weighted by atomic mass is 9.90. The number of hydrogen-bond donors (Lipinski definition) is 2. The van der Waals surface area contributed by atoms with Crippen molar-refractivity contribution in [3.8, 4) is 5.75 Å². The van der Waals surface area contributed by atoms with Crippen LogP contribution < -0.4 is 10.5 Å². The number of alkyl halides is 6. The monoisotopic (exact) mass is 463 g/mol. The van der Waals surface area contributed by atoms with E-state index in [9.17, 15) is 31.4 Å². The lowest BCUT2D eigenvalue weighted by Crippen LogP contribution is -2.43. The smallest absolute Gasteiger partial charge is 0.419 e. The van der Waals surface area contributed by atoms with E-state index in [2.05, 4.69) is 0 Å². The number of benzene rings is 2. The van der Waals surface area contributed by atoms with Crippen molar-refractivity contribution in [2.45, 2.75) is 56.9 Å². The highest BCUT2D eigenvalue weighted by atomic mass is 19.4. The molecule has 0 aliphatic rings. The van der Waals surface area contributed by atoms with Gasteiger partial charge in [0, 0.05) is 5.54 Å². The van der Waals surface area contributed by atoms with E-state index >= 15 is 0 Å². The quantitative estimate of drug-likeness (QED) is 0.348. The first-order valence-corrected chi connectivity index (χ1v) is 10.3. The van der Waals surface area contributed by atoms with Crippen LogP contribution in [0.15, 0.2) is 42.5 Å². The minimum atomic E-state index is -4.61. The summed E-state index contributed by atoms with van der Waals surface area (Å²) < 4.78 is 83.6. The predicted molar refractivity (Wildman–Crippen MR) is 109 cm³/mol. The minimum absolute atomic E-state index is 0.0181. The molecule has 0 fully saturated rings. The molecule has 0 saturated carbocycles. The Balaban J connectivity index is 1.98. The SMILES string of the molecule is CC[C@@](N)(CO)CCc1ccc(OCCCc2ccc(C(F)(F)F)cc2)c(C(F)(F)F)c1. The topological polar surface area (TPSA) is 55.5 Å². The summed E-state index contributed by atoms with van der Waals surface area (Å²) in [5.41, 5.74) is 4.59. The highest BCUT2D eigenvalue weighted by Gasteiger charge is 2.35. The van der Waals surface area contributed by atoms with Crippen LogP contribution in [-0.2, 0) is 25.2 Å². The number of aryl methyl sites for hydroxylation is 2. The molecule has 0 saturated heterocycles. The standard InChI is InChI=1S/C23H27F6NO2/c1-2-21(30,15-31)12-11-17-7-10-20(19(14-17)23(27,28)29)32-13-3-4-16-5-8-18(9-6-16)22(24,25)26/h5-10,14,31H,2-4,11-13,15,30H2,1H3/t21-/m0/s1. The molecule has 0 aromatic heterocycles. The molecule has 0 radical (unpaired) electrons. The van der Waals surface area contributed by atoms with Gasteiger partial charge in [0.15, 0.2) is 0 Å². The number of ether oxygens (including phenoxy) is 1. The maximum Gasteiger partial charge on any atom is 0.419 e. The average Bonchev–Trinajstić information content (AvgIpc) is 2.74. The third-order valence-corrected chi connectivity index (χ3v) is 5.43. The molecule has 2 rings (SSSR count). The van der Waals surface area contributed by atoms with Gasteiger partial charge in [-0.15, -0.1) is 0 Å². The van der Waals surface area contributed by atoms with Crippen molar-refractivity contribution in [2.24, 2.45) is 5.73 Å². The average molecular weight is 463 g/mol. The van der Waals surface area contributed by atoms with Crippen LogP contribution >= 0.6 is 0 Å². The van der Waals surface area contributed by atoms with Crippen LogP contribution in [0.25, 0.3) is 0 Å². The summed E-state index contributed by atoms with van der Waals surface area (Å²) in [6, 6.07) is 8.47. The van der Waals surface area contributed by atoms with Gasteiger partial charge in [-0.05, 0) is 67.5 Å². The third kappa shape index (κ3) is 7.41. The lowest BCUT2D eigenvalue weighted by Gasteiger charge is -2.25. The summed E-state index contributed by atoms with van der Waals surface area (Å²) in [6.45, 7) is 1.53. The highest BCUT2D eigenvalue weighted by molar-refractivity contribution is 5.39. The van der Waals surface area contributed by atoms with E-state index in [1.807, 2.05) is 0 Å². The lowest BCUT2D eigenvalue weighted by molar-refractivity contribution is -0.139. The zero-order chi connectivity index (χ0) is 24.0. The third-order valence-electron chi connectivity index (χ3n) is 5.43. The van der Waals surface area contributed by atoms with Gasteiger partial charge in [-0.3, -0.25) is 0 Å². The fourth-order valence-electron chi connectivity index (χ4n) is 3.16. The Morgan fingerprint density at radius 1 is 0.875 bits per heavy atom. The normalized spacial score (nSPS) is 14.3. The van der Waals surface area contributed by atoms with Gasteiger partial charge in [0.1, 0.15) is 5.75 Å². The van der Waals surface area contributed by atoms with Gasteiger partial charge in [0.2, 0.25) is 0 Å². The summed E-state index contributed by atoms with van der Waals surface area (Å²) in [7, 11) is 0. The Hall–Kier alpha value is -2.26. The molecular formula is C23H27F6NO2. The zero-order valence-electron chi connectivity index (χ0n) is 17.7. The van der Waals surface area contributed by atoms with Gasteiger partial charge in [-0.1, -0.05) is 25.1 Å². The molecule has 2 aromatic rings. The predicted octanol–water partition coefficient (Wildman–Crippen LogP) is 5.77. The number of aliphatic hydroxyl groups is 1. The van der Waals surface area contributed by atoms with E-state index in [1.54, 1.807) is 6.92 Å². The van der Waals surface area contributed by atoms with Gasteiger partial charge in [-0.25, -0.2) is 0 Å². The molecule has 0 aliphatic carbocycles. The van der Waals surface area contributed by atoms with Crippen molar-refractivity contribution in [2.75, 3.05) is 13.2 Å². The van der Waals surface area contributed by atoms with E-state index in [0.717, 1.165) is 18.2 Å². The van der Waals surface area contributed by atoms with E-state index in [1.165, 1.54) is 24.3 Å². The summed E-state index contributed by atoms with van der Waals surface area (Å²) in [5.74, 6) is -0.301. The maximum atomic E-state index is 13.5. The molecule has 1 atom stereocenters. The molecule has 178 valence electrons. The molecule has 2 aromatic carbocycles. The number of halogens is 6. The molecule has 0 spiro atoms. The molecule has 0 unspecified atom stereocenters. The second-order valence-corrected chi connectivity index (χ2v) is 7.85. The van der Waals surface area contributed by atoms with Crippen LogP contribution in [0.4, 0.5) is 26.3 Å². The highest BCUT2D eigenvalue weighted by Crippen LogP contribution is 2.37. The first-order chi connectivity index (χ1) is 14.9. The molecule has 0 heterocycles. The summed E-state index contributed by atoms with van der Waals surface area (Å²) in [5, 5.41) is 9.37. The van der Waals surface area contributed by atoms with E-state index in [-0.39, 0.29) is 25.4 Å². The first-order valence-electron chi connectivity index (χ1n) is 10.3. The van der Waals surface area contributed by atoms with Gasteiger partial charge < -0.3 is 15.6 Å². The van der Waals surface area contributed by atoms with Gasteiger partial charge in [0.25, 0.3) is 0 Å². The molecule has 9 heteroatoms. The van der Waals surface area contributed by atoms with Crippen molar-refractivity contribution in [3.05, 3.63) is 64.7 Å². The Kier molecular flexibility index (Phi) is 8.59. The van der Waals surface area contributed by atoms with Gasteiger partial charge in [-0.2, -0.15) is 26.3 Å². The van der Waals surface area contributed by atoms with Crippen molar-refractivity contribution >= 4 is 0 Å². The summed E-state index contributed by atoms with van der Waals surface area (Å²) in [4.78, 5) is 0.